The topological polar surface area (TPSA) is 67.6 Å². The lowest BCUT2D eigenvalue weighted by Gasteiger charge is -2.19. The van der Waals surface area contributed by atoms with Gasteiger partial charge >= 0.3 is 0 Å². The number of carbonyl (C=O) groups excluding carboxylic acids is 1. The van der Waals surface area contributed by atoms with Crippen LogP contribution in [0, 0.1) is 0 Å². The van der Waals surface area contributed by atoms with Gasteiger partial charge in [0.1, 0.15) is 0 Å². The lowest BCUT2D eigenvalue weighted by atomic mass is 10.0. The fourth-order valence-corrected chi connectivity index (χ4v) is 2.46. The van der Waals surface area contributed by atoms with Gasteiger partial charge in [-0.1, -0.05) is 12.1 Å². The number of benzene rings is 1. The Morgan fingerprint density at radius 2 is 2.35 bits per heavy atom. The molecule has 5 nitrogen and oxygen atoms in total. The summed E-state index contributed by atoms with van der Waals surface area (Å²) >= 11 is 0. The van der Waals surface area contributed by atoms with E-state index in [2.05, 4.69) is 22.3 Å². The molecule has 1 amide bonds. The van der Waals surface area contributed by atoms with Gasteiger partial charge in [-0.2, -0.15) is 0 Å². The van der Waals surface area contributed by atoms with Crippen LogP contribution in [0.5, 0.6) is 0 Å². The van der Waals surface area contributed by atoms with Gasteiger partial charge in [-0.05, 0) is 30.5 Å². The summed E-state index contributed by atoms with van der Waals surface area (Å²) in [6.45, 7) is 4.36. The van der Waals surface area contributed by atoms with Crippen LogP contribution in [0.15, 0.2) is 18.2 Å². The predicted molar refractivity (Wildman–Crippen MR) is 79.8 cm³/mol. The second kappa shape index (κ2) is 6.72. The molecule has 0 bridgehead atoms. The van der Waals surface area contributed by atoms with Crippen LogP contribution in [-0.4, -0.2) is 39.3 Å². The van der Waals surface area contributed by atoms with Crippen LogP contribution in [0.2, 0.25) is 0 Å². The molecule has 3 N–H and O–H groups in total. The molecule has 5 heteroatoms. The SMILES string of the molecule is COCCNC(=O)CN1CCc2cc(C(C)N)ccc21. The van der Waals surface area contributed by atoms with Gasteiger partial charge < -0.3 is 20.7 Å². The molecule has 20 heavy (non-hydrogen) atoms. The third-order valence-corrected chi connectivity index (χ3v) is 3.58. The predicted octanol–water partition coefficient (Wildman–Crippen LogP) is 0.831. The Bertz CT molecular complexity index is 474. The van der Waals surface area contributed by atoms with E-state index in [0.717, 1.165) is 24.2 Å². The average molecular weight is 277 g/mol. The van der Waals surface area contributed by atoms with Gasteiger partial charge in [0.05, 0.1) is 13.2 Å². The molecular formula is C15H23N3O2. The van der Waals surface area contributed by atoms with E-state index in [0.29, 0.717) is 19.7 Å². The van der Waals surface area contributed by atoms with Gasteiger partial charge in [0, 0.05) is 31.9 Å². The van der Waals surface area contributed by atoms with Gasteiger partial charge in [0.25, 0.3) is 0 Å². The largest absolute Gasteiger partial charge is 0.383 e. The number of hydrogen-bond acceptors (Lipinski definition) is 4. The number of hydrogen-bond donors (Lipinski definition) is 2. The van der Waals surface area contributed by atoms with Gasteiger partial charge in [0.15, 0.2) is 0 Å². The summed E-state index contributed by atoms with van der Waals surface area (Å²) in [6, 6.07) is 6.32. The molecule has 1 heterocycles. The summed E-state index contributed by atoms with van der Waals surface area (Å²) in [5, 5.41) is 2.85. The Labute approximate surface area is 120 Å². The van der Waals surface area contributed by atoms with Crippen molar-refractivity contribution in [2.24, 2.45) is 5.73 Å². The lowest BCUT2D eigenvalue weighted by molar-refractivity contribution is -0.119. The highest BCUT2D eigenvalue weighted by Crippen LogP contribution is 2.29. The second-order valence-corrected chi connectivity index (χ2v) is 5.19. The maximum atomic E-state index is 11.8. The Hall–Kier alpha value is -1.59. The first-order valence-corrected chi connectivity index (χ1v) is 7.01. The molecule has 0 fully saturated rings. The number of fused-ring (bicyclic) bond motifs is 1. The van der Waals surface area contributed by atoms with Crippen molar-refractivity contribution in [1.82, 2.24) is 5.32 Å². The Morgan fingerprint density at radius 3 is 3.05 bits per heavy atom. The van der Waals surface area contributed by atoms with E-state index in [4.69, 9.17) is 10.5 Å². The van der Waals surface area contributed by atoms with E-state index in [1.807, 2.05) is 13.0 Å². The molecule has 0 aliphatic carbocycles. The fraction of sp³-hybridized carbons (Fsp3) is 0.533. The fourth-order valence-electron chi connectivity index (χ4n) is 2.46. The maximum absolute atomic E-state index is 11.8. The van der Waals surface area contributed by atoms with Crippen molar-refractivity contribution in [3.05, 3.63) is 29.3 Å². The molecule has 1 unspecified atom stereocenters. The van der Waals surface area contributed by atoms with Crippen LogP contribution in [-0.2, 0) is 16.0 Å². The van der Waals surface area contributed by atoms with Crippen LogP contribution in [0.1, 0.15) is 24.1 Å². The van der Waals surface area contributed by atoms with E-state index in [-0.39, 0.29) is 11.9 Å². The Balaban J connectivity index is 1.96. The molecule has 0 saturated heterocycles. The minimum Gasteiger partial charge on any atom is -0.383 e. The van der Waals surface area contributed by atoms with E-state index in [1.165, 1.54) is 5.56 Å². The van der Waals surface area contributed by atoms with Crippen molar-refractivity contribution in [1.29, 1.82) is 0 Å². The van der Waals surface area contributed by atoms with Crippen LogP contribution in [0.25, 0.3) is 0 Å². The first kappa shape index (κ1) is 14.8. The van der Waals surface area contributed by atoms with Crippen molar-refractivity contribution < 1.29 is 9.53 Å². The third-order valence-electron chi connectivity index (χ3n) is 3.58. The number of nitrogens with two attached hydrogens (primary N) is 1. The molecule has 1 atom stereocenters. The zero-order valence-corrected chi connectivity index (χ0v) is 12.2. The van der Waals surface area contributed by atoms with Gasteiger partial charge in [-0.25, -0.2) is 0 Å². The van der Waals surface area contributed by atoms with Crippen molar-refractivity contribution in [2.45, 2.75) is 19.4 Å². The minimum atomic E-state index is 0.0335. The molecule has 1 aliphatic heterocycles. The monoisotopic (exact) mass is 277 g/mol. The van der Waals surface area contributed by atoms with E-state index >= 15 is 0 Å². The quantitative estimate of drug-likeness (QED) is 0.756. The number of ether oxygens (including phenoxy) is 1. The Kier molecular flexibility index (Phi) is 4.98. The van der Waals surface area contributed by atoms with Gasteiger partial charge in [-0.15, -0.1) is 0 Å². The highest BCUT2D eigenvalue weighted by molar-refractivity contribution is 5.82. The average Bonchev–Trinajstić information content (AvgIpc) is 2.81. The second-order valence-electron chi connectivity index (χ2n) is 5.19. The number of rotatable bonds is 6. The standard InChI is InChI=1S/C15H23N3O2/c1-11(16)12-3-4-14-13(9-12)5-7-18(14)10-15(19)17-6-8-20-2/h3-4,9,11H,5-8,10,16H2,1-2H3,(H,17,19). The van der Waals surface area contributed by atoms with Crippen molar-refractivity contribution in [3.8, 4) is 0 Å². The number of methoxy groups -OCH3 is 1. The number of carbonyl (C=O) groups is 1. The smallest absolute Gasteiger partial charge is 0.239 e. The zero-order chi connectivity index (χ0) is 14.5. The minimum absolute atomic E-state index is 0.0335. The normalized spacial score (nSPS) is 15.1. The highest BCUT2D eigenvalue weighted by atomic mass is 16.5. The summed E-state index contributed by atoms with van der Waals surface area (Å²) in [5.74, 6) is 0.0335. The lowest BCUT2D eigenvalue weighted by Crippen LogP contribution is -2.37. The number of nitrogens with one attached hydrogen (secondary N) is 1. The molecule has 1 aliphatic rings. The summed E-state index contributed by atoms with van der Waals surface area (Å²) in [5.41, 5.74) is 9.48. The molecule has 110 valence electrons. The summed E-state index contributed by atoms with van der Waals surface area (Å²) in [7, 11) is 1.62. The molecule has 0 spiro atoms. The third kappa shape index (κ3) is 3.49. The molecule has 1 aromatic rings. The molecule has 0 saturated carbocycles. The van der Waals surface area contributed by atoms with Crippen LogP contribution in [0.4, 0.5) is 5.69 Å². The molecule has 2 rings (SSSR count). The maximum Gasteiger partial charge on any atom is 0.239 e. The van der Waals surface area contributed by atoms with Crippen molar-refractivity contribution >= 4 is 11.6 Å². The summed E-state index contributed by atoms with van der Waals surface area (Å²) in [6.07, 6.45) is 0.973. The van der Waals surface area contributed by atoms with E-state index in [1.54, 1.807) is 7.11 Å². The zero-order valence-electron chi connectivity index (χ0n) is 12.2. The highest BCUT2D eigenvalue weighted by Gasteiger charge is 2.21. The van der Waals surface area contributed by atoms with E-state index in [9.17, 15) is 4.79 Å². The van der Waals surface area contributed by atoms with Crippen molar-refractivity contribution in [3.63, 3.8) is 0 Å². The molecule has 0 aromatic heterocycles. The van der Waals surface area contributed by atoms with Gasteiger partial charge in [0.2, 0.25) is 5.91 Å². The van der Waals surface area contributed by atoms with Crippen LogP contribution < -0.4 is 16.0 Å². The van der Waals surface area contributed by atoms with Crippen molar-refractivity contribution in [2.75, 3.05) is 38.3 Å². The number of anilines is 1. The molecule has 0 radical (unpaired) electrons. The first-order valence-electron chi connectivity index (χ1n) is 7.01. The summed E-state index contributed by atoms with van der Waals surface area (Å²) in [4.78, 5) is 13.9. The van der Waals surface area contributed by atoms with Crippen LogP contribution >= 0.6 is 0 Å². The molecule has 1 aromatic carbocycles. The molecular weight excluding hydrogens is 254 g/mol. The number of amides is 1. The Morgan fingerprint density at radius 1 is 1.55 bits per heavy atom. The first-order chi connectivity index (χ1) is 9.61. The summed E-state index contributed by atoms with van der Waals surface area (Å²) < 4.78 is 4.91. The van der Waals surface area contributed by atoms with Gasteiger partial charge in [-0.3, -0.25) is 4.79 Å². The van der Waals surface area contributed by atoms with Crippen LogP contribution in [0.3, 0.4) is 0 Å². The van der Waals surface area contributed by atoms with E-state index < -0.39 is 0 Å². The number of nitrogens with zero attached hydrogens (tertiary/aromatic N) is 1.